The fourth-order valence-corrected chi connectivity index (χ4v) is 7.84. The van der Waals surface area contributed by atoms with Crippen molar-refractivity contribution in [1.82, 2.24) is 0 Å². The molecule has 104 valence electrons. The Morgan fingerprint density at radius 3 is 2.05 bits per heavy atom. The van der Waals surface area contributed by atoms with Crippen LogP contribution in [0.4, 0.5) is 0 Å². The Morgan fingerprint density at radius 2 is 1.33 bits per heavy atom. The molecule has 0 heterocycles. The van der Waals surface area contributed by atoms with E-state index in [9.17, 15) is 0 Å². The third kappa shape index (κ3) is 3.34. The third-order valence-corrected chi connectivity index (χ3v) is 10.5. The first-order chi connectivity index (χ1) is 10.3. The Kier molecular flexibility index (Phi) is 4.68. The van der Waals surface area contributed by atoms with Gasteiger partial charge in [-0.05, 0) is 0 Å². The molecule has 0 spiro atoms. The Bertz CT molecular complexity index is 720. The van der Waals surface area contributed by atoms with E-state index in [-0.39, 0.29) is 0 Å². The Labute approximate surface area is 137 Å². The first-order valence-corrected chi connectivity index (χ1v) is 12.7. The van der Waals surface area contributed by atoms with E-state index in [4.69, 9.17) is 8.83 Å². The molecule has 0 saturated carbocycles. The molecule has 21 heavy (non-hydrogen) atoms. The SMILES string of the molecule is Cc1cc[c]([Sb]([Cl])[c]2ccccc2-c2ccccc2)cc1. The average Bonchev–Trinajstić information content (AvgIpc) is 2.56. The summed E-state index contributed by atoms with van der Waals surface area (Å²) in [6.07, 6.45) is 0. The second-order valence-corrected chi connectivity index (χ2v) is 11.7. The summed E-state index contributed by atoms with van der Waals surface area (Å²) in [6.45, 7) is 2.11. The molecule has 0 aliphatic rings. The van der Waals surface area contributed by atoms with Crippen molar-refractivity contribution in [2.75, 3.05) is 0 Å². The van der Waals surface area contributed by atoms with Gasteiger partial charge in [0.15, 0.2) is 0 Å². The summed E-state index contributed by atoms with van der Waals surface area (Å²) < 4.78 is 2.64. The molecule has 0 amide bonds. The van der Waals surface area contributed by atoms with Gasteiger partial charge >= 0.3 is 137 Å². The number of rotatable bonds is 3. The van der Waals surface area contributed by atoms with Crippen molar-refractivity contribution >= 4 is 34.9 Å². The number of aryl methyl sites for hydroxylation is 1. The number of hydrogen-bond acceptors (Lipinski definition) is 0. The Morgan fingerprint density at radius 1 is 0.714 bits per heavy atom. The van der Waals surface area contributed by atoms with E-state index in [2.05, 4.69) is 79.7 Å². The van der Waals surface area contributed by atoms with E-state index in [1.54, 1.807) is 0 Å². The van der Waals surface area contributed by atoms with Gasteiger partial charge in [-0.25, -0.2) is 0 Å². The molecule has 0 aliphatic carbocycles. The van der Waals surface area contributed by atoms with Crippen LogP contribution in [0.25, 0.3) is 11.1 Å². The molecule has 0 N–H and O–H groups in total. The topological polar surface area (TPSA) is 0 Å². The van der Waals surface area contributed by atoms with Crippen LogP contribution >= 0.6 is 8.83 Å². The van der Waals surface area contributed by atoms with Gasteiger partial charge < -0.3 is 0 Å². The molecule has 3 aromatic rings. The van der Waals surface area contributed by atoms with Gasteiger partial charge in [-0.2, -0.15) is 0 Å². The van der Waals surface area contributed by atoms with Gasteiger partial charge in [-0.15, -0.1) is 0 Å². The van der Waals surface area contributed by atoms with Gasteiger partial charge in [-0.3, -0.25) is 0 Å². The van der Waals surface area contributed by atoms with Crippen molar-refractivity contribution in [1.29, 1.82) is 0 Å². The van der Waals surface area contributed by atoms with Crippen LogP contribution in [0.15, 0.2) is 78.9 Å². The van der Waals surface area contributed by atoms with Gasteiger partial charge in [0.2, 0.25) is 0 Å². The van der Waals surface area contributed by atoms with Crippen molar-refractivity contribution in [2.24, 2.45) is 0 Å². The zero-order valence-electron chi connectivity index (χ0n) is 11.8. The number of hydrogen-bond donors (Lipinski definition) is 0. The molecule has 0 atom stereocenters. The summed E-state index contributed by atoms with van der Waals surface area (Å²) in [6, 6.07) is 27.7. The van der Waals surface area contributed by atoms with E-state index >= 15 is 0 Å². The van der Waals surface area contributed by atoms with Gasteiger partial charge in [0.25, 0.3) is 0 Å². The van der Waals surface area contributed by atoms with Gasteiger partial charge in [-0.1, -0.05) is 0 Å². The average molecular weight is 402 g/mol. The van der Waals surface area contributed by atoms with Crippen LogP contribution in [0.1, 0.15) is 5.56 Å². The van der Waals surface area contributed by atoms with Gasteiger partial charge in [0.1, 0.15) is 0 Å². The quantitative estimate of drug-likeness (QED) is 0.582. The first kappa shape index (κ1) is 14.7. The van der Waals surface area contributed by atoms with Gasteiger partial charge in [0.05, 0.1) is 0 Å². The Hall–Kier alpha value is -1.23. The van der Waals surface area contributed by atoms with E-state index < -0.39 is 19.1 Å². The molecule has 3 rings (SSSR count). The molecular formula is C19H16ClSb. The van der Waals surface area contributed by atoms with E-state index in [0.29, 0.717) is 0 Å². The molecule has 0 fully saturated rings. The molecule has 0 saturated heterocycles. The van der Waals surface area contributed by atoms with Crippen molar-refractivity contribution in [3.05, 3.63) is 84.4 Å². The number of benzene rings is 3. The molecular weight excluding hydrogens is 385 g/mol. The minimum atomic E-state index is -2.17. The van der Waals surface area contributed by atoms with Crippen LogP contribution in [0.3, 0.4) is 0 Å². The van der Waals surface area contributed by atoms with Crippen LogP contribution < -0.4 is 7.02 Å². The normalized spacial score (nSPS) is 10.8. The van der Waals surface area contributed by atoms with Crippen molar-refractivity contribution in [2.45, 2.75) is 6.92 Å². The zero-order chi connectivity index (χ0) is 14.7. The summed E-state index contributed by atoms with van der Waals surface area (Å²) in [5.41, 5.74) is 3.80. The summed E-state index contributed by atoms with van der Waals surface area (Å²) in [7, 11) is 6.92. The Balaban J connectivity index is 2.05. The fraction of sp³-hybridized carbons (Fsp3) is 0.0526. The molecule has 2 heteroatoms. The van der Waals surface area contributed by atoms with E-state index in [1.165, 1.54) is 23.7 Å². The summed E-state index contributed by atoms with van der Waals surface area (Å²) in [4.78, 5) is 0. The predicted octanol–water partition coefficient (Wildman–Crippen LogP) is 4.01. The standard InChI is InChI=1S/C12H9.C7H7.ClH.Sb/c1-3-7-11(8-4-1)12-9-5-2-6-10-12;1-7-5-3-2-4-6-7;;/h1-9H;3-6H,1H3;1H;/q;;;+1/p-1. The zero-order valence-corrected chi connectivity index (χ0v) is 15.1. The molecule has 0 aliphatic heterocycles. The fourth-order valence-electron chi connectivity index (χ4n) is 2.32. The van der Waals surface area contributed by atoms with Gasteiger partial charge in [0, 0.05) is 0 Å². The molecule has 3 aromatic carbocycles. The molecule has 0 nitrogen and oxygen atoms in total. The van der Waals surface area contributed by atoms with Crippen LogP contribution in [-0.4, -0.2) is 19.1 Å². The second kappa shape index (κ2) is 6.69. The molecule has 0 radical (unpaired) electrons. The van der Waals surface area contributed by atoms with Crippen LogP contribution in [0.2, 0.25) is 0 Å². The third-order valence-electron chi connectivity index (χ3n) is 3.46. The molecule has 0 aromatic heterocycles. The summed E-state index contributed by atoms with van der Waals surface area (Å²) in [5.74, 6) is 0. The summed E-state index contributed by atoms with van der Waals surface area (Å²) in [5, 5.41) is 0. The van der Waals surface area contributed by atoms with Crippen LogP contribution in [0, 0.1) is 6.92 Å². The van der Waals surface area contributed by atoms with Crippen molar-refractivity contribution < 1.29 is 0 Å². The predicted molar refractivity (Wildman–Crippen MR) is 93.9 cm³/mol. The second-order valence-electron chi connectivity index (χ2n) is 5.00. The molecule has 0 bridgehead atoms. The van der Waals surface area contributed by atoms with E-state index in [0.717, 1.165) is 0 Å². The van der Waals surface area contributed by atoms with E-state index in [1.807, 2.05) is 6.07 Å². The van der Waals surface area contributed by atoms with Crippen molar-refractivity contribution in [3.63, 3.8) is 0 Å². The summed E-state index contributed by atoms with van der Waals surface area (Å²) >= 11 is -2.17. The first-order valence-electron chi connectivity index (χ1n) is 6.93. The van der Waals surface area contributed by atoms with Crippen LogP contribution in [-0.2, 0) is 0 Å². The maximum atomic E-state index is 6.92. The maximum absolute atomic E-state index is 6.92. The monoisotopic (exact) mass is 400 g/mol. The van der Waals surface area contributed by atoms with Crippen molar-refractivity contribution in [3.8, 4) is 11.1 Å². The molecule has 0 unspecified atom stereocenters. The number of halogens is 1. The van der Waals surface area contributed by atoms with Crippen LogP contribution in [0.5, 0.6) is 0 Å². The minimum absolute atomic E-state index is 1.25.